The molecule has 0 N–H and O–H groups in total. The van der Waals surface area contributed by atoms with Gasteiger partial charge in [-0.1, -0.05) is 12.1 Å². The van der Waals surface area contributed by atoms with E-state index in [1.807, 2.05) is 36.2 Å². The summed E-state index contributed by atoms with van der Waals surface area (Å²) < 4.78 is 27.3. The molecule has 0 aromatic heterocycles. The van der Waals surface area contributed by atoms with Crippen LogP contribution < -0.4 is 9.80 Å². The van der Waals surface area contributed by atoms with Crippen LogP contribution in [-0.4, -0.2) is 13.2 Å². The number of para-hydroxylation sites is 2. The third kappa shape index (κ3) is 1.28. The van der Waals surface area contributed by atoms with E-state index in [0.29, 0.717) is 17.7 Å². The largest absolute Gasteiger partial charge is 0.352 e. The smallest absolute Gasteiger partial charge is 0.131 e. The Morgan fingerprint density at radius 3 is 2.58 bits per heavy atom. The van der Waals surface area contributed by atoms with Crippen molar-refractivity contribution in [1.82, 2.24) is 0 Å². The first kappa shape index (κ1) is 10.8. The minimum Gasteiger partial charge on any atom is -0.352 e. The van der Waals surface area contributed by atoms with Crippen molar-refractivity contribution in [3.05, 3.63) is 53.6 Å². The molecular formula is C15H12F2N2. The van der Waals surface area contributed by atoms with Crippen molar-refractivity contribution >= 4 is 17.1 Å². The molecule has 19 heavy (non-hydrogen) atoms. The highest BCUT2D eigenvalue weighted by molar-refractivity contribution is 5.86. The maximum Gasteiger partial charge on any atom is 0.131 e. The van der Waals surface area contributed by atoms with Gasteiger partial charge in [-0.05, 0) is 18.2 Å². The number of benzene rings is 2. The van der Waals surface area contributed by atoms with Crippen molar-refractivity contribution in [2.24, 2.45) is 0 Å². The normalized spacial score (nSPS) is 19.4. The summed E-state index contributed by atoms with van der Waals surface area (Å²) in [5.41, 5.74) is 3.37. The van der Waals surface area contributed by atoms with Crippen LogP contribution >= 0.6 is 0 Å². The summed E-state index contributed by atoms with van der Waals surface area (Å²) in [6.45, 7) is 0. The lowest BCUT2D eigenvalue weighted by molar-refractivity contribution is 0.574. The minimum absolute atomic E-state index is 0.0451. The molecule has 0 bridgehead atoms. The van der Waals surface area contributed by atoms with Gasteiger partial charge in [-0.25, -0.2) is 8.78 Å². The second-order valence-electron chi connectivity index (χ2n) is 5.04. The van der Waals surface area contributed by atoms with E-state index in [4.69, 9.17) is 0 Å². The molecule has 2 aromatic carbocycles. The molecule has 2 aliphatic rings. The molecule has 2 aliphatic heterocycles. The van der Waals surface area contributed by atoms with Crippen molar-refractivity contribution in [1.29, 1.82) is 0 Å². The fourth-order valence-corrected chi connectivity index (χ4v) is 3.17. The van der Waals surface area contributed by atoms with Crippen molar-refractivity contribution in [3.63, 3.8) is 0 Å². The molecule has 2 nitrogen and oxygen atoms in total. The van der Waals surface area contributed by atoms with Crippen LogP contribution in [0.2, 0.25) is 0 Å². The number of halogens is 2. The number of rotatable bonds is 0. The number of fused-ring (bicyclic) bond motifs is 5. The van der Waals surface area contributed by atoms with Gasteiger partial charge in [-0.15, -0.1) is 0 Å². The van der Waals surface area contributed by atoms with E-state index in [0.717, 1.165) is 17.4 Å². The van der Waals surface area contributed by atoms with Gasteiger partial charge in [0.1, 0.15) is 17.8 Å². The molecule has 2 aromatic rings. The van der Waals surface area contributed by atoms with Crippen LogP contribution in [0, 0.1) is 11.6 Å². The molecule has 4 rings (SSSR count). The zero-order valence-corrected chi connectivity index (χ0v) is 10.4. The molecule has 0 fully saturated rings. The zero-order valence-electron chi connectivity index (χ0n) is 10.4. The first-order valence-electron chi connectivity index (χ1n) is 6.26. The third-order valence-electron chi connectivity index (χ3n) is 4.05. The summed E-state index contributed by atoms with van der Waals surface area (Å²) in [5, 5.41) is 0. The Morgan fingerprint density at radius 2 is 1.79 bits per heavy atom. The Balaban J connectivity index is 1.96. The van der Waals surface area contributed by atoms with E-state index in [-0.39, 0.29) is 6.17 Å². The Morgan fingerprint density at radius 1 is 1.05 bits per heavy atom. The Labute approximate surface area is 109 Å². The second-order valence-corrected chi connectivity index (χ2v) is 5.04. The molecule has 0 saturated heterocycles. The Kier molecular flexibility index (Phi) is 1.97. The van der Waals surface area contributed by atoms with Crippen LogP contribution in [0.15, 0.2) is 36.4 Å². The summed E-state index contributed by atoms with van der Waals surface area (Å²) >= 11 is 0. The van der Waals surface area contributed by atoms with Crippen molar-refractivity contribution in [3.8, 4) is 0 Å². The topological polar surface area (TPSA) is 6.48 Å². The molecule has 0 aliphatic carbocycles. The summed E-state index contributed by atoms with van der Waals surface area (Å²) in [4.78, 5) is 4.14. The number of nitrogens with zero attached hydrogens (tertiary/aromatic N) is 2. The van der Waals surface area contributed by atoms with Crippen molar-refractivity contribution in [2.45, 2.75) is 12.6 Å². The zero-order chi connectivity index (χ0) is 13.1. The molecule has 0 radical (unpaired) electrons. The van der Waals surface area contributed by atoms with Gasteiger partial charge < -0.3 is 9.80 Å². The lowest BCUT2D eigenvalue weighted by atomic mass is 10.1. The standard InChI is InChI=1S/C15H12F2N2/c1-18-12-4-2-3-5-13(12)19-14-7-9(16)6-11(17)10(14)8-15(18)19/h2-7,15H,8H2,1H3. The maximum absolute atomic E-state index is 13.9. The van der Waals surface area contributed by atoms with Crippen LogP contribution in [0.25, 0.3) is 0 Å². The van der Waals surface area contributed by atoms with E-state index < -0.39 is 11.6 Å². The average Bonchev–Trinajstić information content (AvgIpc) is 2.88. The monoisotopic (exact) mass is 258 g/mol. The molecule has 4 heteroatoms. The van der Waals surface area contributed by atoms with Gasteiger partial charge in [0.25, 0.3) is 0 Å². The van der Waals surface area contributed by atoms with E-state index in [2.05, 4.69) is 4.90 Å². The first-order chi connectivity index (χ1) is 9.16. The molecule has 0 spiro atoms. The highest BCUT2D eigenvalue weighted by Crippen LogP contribution is 2.49. The molecule has 96 valence electrons. The molecule has 0 amide bonds. The Hall–Kier alpha value is -2.10. The number of hydrogen-bond acceptors (Lipinski definition) is 2. The van der Waals surface area contributed by atoms with Crippen molar-refractivity contribution in [2.75, 3.05) is 16.8 Å². The van der Waals surface area contributed by atoms with Gasteiger partial charge in [-0.2, -0.15) is 0 Å². The van der Waals surface area contributed by atoms with E-state index >= 15 is 0 Å². The molecule has 1 atom stereocenters. The fourth-order valence-electron chi connectivity index (χ4n) is 3.17. The average molecular weight is 258 g/mol. The van der Waals surface area contributed by atoms with Crippen LogP contribution in [0.4, 0.5) is 25.8 Å². The lowest BCUT2D eigenvalue weighted by Gasteiger charge is -2.23. The van der Waals surface area contributed by atoms with Crippen molar-refractivity contribution < 1.29 is 8.78 Å². The number of hydrogen-bond donors (Lipinski definition) is 0. The predicted octanol–water partition coefficient (Wildman–Crippen LogP) is 3.43. The van der Waals surface area contributed by atoms with Gasteiger partial charge in [-0.3, -0.25) is 0 Å². The lowest BCUT2D eigenvalue weighted by Crippen LogP contribution is -2.36. The van der Waals surface area contributed by atoms with E-state index in [1.54, 1.807) is 0 Å². The fraction of sp³-hybridized carbons (Fsp3) is 0.200. The van der Waals surface area contributed by atoms with Crippen LogP contribution in [0.3, 0.4) is 0 Å². The maximum atomic E-state index is 13.9. The summed E-state index contributed by atoms with van der Waals surface area (Å²) in [7, 11) is 1.99. The quantitative estimate of drug-likeness (QED) is 0.714. The van der Waals surface area contributed by atoms with Gasteiger partial charge in [0, 0.05) is 25.1 Å². The summed E-state index contributed by atoms with van der Waals surface area (Å²) in [6, 6.07) is 10.3. The molecule has 0 saturated carbocycles. The number of likely N-dealkylation sites (N-methyl/N-ethyl adjacent to an activating group) is 1. The van der Waals surface area contributed by atoms with E-state index in [1.165, 1.54) is 6.07 Å². The molecule has 1 unspecified atom stereocenters. The van der Waals surface area contributed by atoms with E-state index in [9.17, 15) is 8.78 Å². The molecule has 2 heterocycles. The van der Waals surface area contributed by atoms with Gasteiger partial charge in [0.2, 0.25) is 0 Å². The third-order valence-corrected chi connectivity index (χ3v) is 4.05. The van der Waals surface area contributed by atoms with Crippen LogP contribution in [0.5, 0.6) is 0 Å². The van der Waals surface area contributed by atoms with Gasteiger partial charge in [0.05, 0.1) is 17.1 Å². The van der Waals surface area contributed by atoms with Gasteiger partial charge in [0.15, 0.2) is 0 Å². The second kappa shape index (κ2) is 3.47. The van der Waals surface area contributed by atoms with Crippen LogP contribution in [-0.2, 0) is 6.42 Å². The van der Waals surface area contributed by atoms with Crippen LogP contribution in [0.1, 0.15) is 5.56 Å². The summed E-state index contributed by atoms with van der Waals surface area (Å²) in [6.07, 6.45) is 0.621. The SMILES string of the molecule is CN1c2ccccc2N2c3cc(F)cc(F)c3CC12. The highest BCUT2D eigenvalue weighted by Gasteiger charge is 2.41. The first-order valence-corrected chi connectivity index (χ1v) is 6.26. The Bertz CT molecular complexity index is 684. The highest BCUT2D eigenvalue weighted by atomic mass is 19.1. The predicted molar refractivity (Wildman–Crippen MR) is 70.8 cm³/mol. The minimum atomic E-state index is -0.524. The number of anilines is 3. The molecular weight excluding hydrogens is 246 g/mol. The van der Waals surface area contributed by atoms with Gasteiger partial charge >= 0.3 is 0 Å². The summed E-state index contributed by atoms with van der Waals surface area (Å²) in [5.74, 6) is -0.973.